The average Bonchev–Trinajstić information content (AvgIpc) is 3.19. The molecule has 1 unspecified atom stereocenters. The number of alkyl halides is 3. The second-order valence-electron chi connectivity index (χ2n) is 8.73. The number of carbonyl (C=O) groups excluding carboxylic acids is 2. The van der Waals surface area contributed by atoms with E-state index in [0.29, 0.717) is 11.4 Å². The summed E-state index contributed by atoms with van der Waals surface area (Å²) in [7, 11) is 0. The highest BCUT2D eigenvalue weighted by atomic mass is 35.5. The third-order valence-corrected chi connectivity index (χ3v) is 6.71. The molecule has 0 radical (unpaired) electrons. The lowest BCUT2D eigenvalue weighted by Gasteiger charge is -2.35. The van der Waals surface area contributed by atoms with Crippen LogP contribution in [0.2, 0.25) is 5.02 Å². The van der Waals surface area contributed by atoms with E-state index >= 15 is 0 Å². The zero-order valence-corrected chi connectivity index (χ0v) is 19.1. The van der Waals surface area contributed by atoms with Crippen LogP contribution in [0.15, 0.2) is 54.6 Å². The first-order chi connectivity index (χ1) is 16.2. The maximum Gasteiger partial charge on any atom is 0.417 e. The van der Waals surface area contributed by atoms with Crippen LogP contribution in [-0.4, -0.2) is 42.4 Å². The van der Waals surface area contributed by atoms with E-state index in [1.165, 1.54) is 0 Å². The van der Waals surface area contributed by atoms with Gasteiger partial charge in [-0.2, -0.15) is 13.2 Å². The van der Waals surface area contributed by atoms with Gasteiger partial charge in [0, 0.05) is 18.1 Å². The fraction of sp³-hybridized carbons (Fsp3) is 0.440. The minimum Gasteiger partial charge on any atom is -0.446 e. The van der Waals surface area contributed by atoms with Crippen molar-refractivity contribution < 1.29 is 32.2 Å². The Labute approximate surface area is 200 Å². The molecular formula is C25H25ClF3NO4. The molecule has 0 aliphatic carbocycles. The number of amides is 2. The molecule has 4 rings (SSSR count). The van der Waals surface area contributed by atoms with Crippen LogP contribution >= 0.6 is 11.6 Å². The van der Waals surface area contributed by atoms with E-state index in [4.69, 9.17) is 21.1 Å². The standard InChI is InChI=1S/C25H25ClF3NO4/c26-19-8-6-16(7-9-19)21(18-10-11-33-20(12-18)14-25(27,28)29)13-23(31)30-22(15-34-24(30)32)17-4-2-1-3-5-17/h1-9,18,20-22H,10-15H2/t18-,20+,21?,22+/m0/s1. The van der Waals surface area contributed by atoms with Gasteiger partial charge in [-0.05, 0) is 47.9 Å². The average molecular weight is 496 g/mol. The van der Waals surface area contributed by atoms with Gasteiger partial charge < -0.3 is 9.47 Å². The first-order valence-electron chi connectivity index (χ1n) is 11.2. The van der Waals surface area contributed by atoms with Crippen molar-refractivity contribution in [2.75, 3.05) is 13.2 Å². The Bertz CT molecular complexity index is 999. The molecule has 0 spiro atoms. The van der Waals surface area contributed by atoms with Gasteiger partial charge in [0.1, 0.15) is 12.6 Å². The summed E-state index contributed by atoms with van der Waals surface area (Å²) in [6.45, 7) is 0.243. The van der Waals surface area contributed by atoms with Crippen LogP contribution in [-0.2, 0) is 14.3 Å². The molecule has 5 nitrogen and oxygen atoms in total. The fourth-order valence-corrected chi connectivity index (χ4v) is 4.97. The molecule has 2 aromatic rings. The number of cyclic esters (lactones) is 1. The molecule has 34 heavy (non-hydrogen) atoms. The van der Waals surface area contributed by atoms with Gasteiger partial charge in [-0.3, -0.25) is 4.79 Å². The van der Waals surface area contributed by atoms with Gasteiger partial charge in [0.25, 0.3) is 0 Å². The number of nitrogens with zero attached hydrogens (tertiary/aromatic N) is 1. The molecule has 0 N–H and O–H groups in total. The van der Waals surface area contributed by atoms with Crippen LogP contribution in [0.3, 0.4) is 0 Å². The van der Waals surface area contributed by atoms with Crippen LogP contribution in [0.5, 0.6) is 0 Å². The Hall–Kier alpha value is -2.58. The smallest absolute Gasteiger partial charge is 0.417 e. The Morgan fingerprint density at radius 3 is 2.50 bits per heavy atom. The quantitative estimate of drug-likeness (QED) is 0.473. The van der Waals surface area contributed by atoms with Crippen molar-refractivity contribution in [1.29, 1.82) is 0 Å². The van der Waals surface area contributed by atoms with Crippen molar-refractivity contribution in [1.82, 2.24) is 4.90 Å². The molecule has 0 aromatic heterocycles. The molecule has 182 valence electrons. The van der Waals surface area contributed by atoms with Crippen molar-refractivity contribution >= 4 is 23.6 Å². The topological polar surface area (TPSA) is 55.8 Å². The monoisotopic (exact) mass is 495 g/mol. The molecule has 2 aromatic carbocycles. The summed E-state index contributed by atoms with van der Waals surface area (Å²) in [5.41, 5.74) is 1.57. The van der Waals surface area contributed by atoms with E-state index < -0.39 is 42.7 Å². The van der Waals surface area contributed by atoms with Gasteiger partial charge in [0.15, 0.2) is 0 Å². The number of rotatable bonds is 6. The van der Waals surface area contributed by atoms with Crippen molar-refractivity contribution in [3.05, 3.63) is 70.7 Å². The highest BCUT2D eigenvalue weighted by molar-refractivity contribution is 6.30. The van der Waals surface area contributed by atoms with Gasteiger partial charge >= 0.3 is 12.3 Å². The number of halogens is 4. The highest BCUT2D eigenvalue weighted by Gasteiger charge is 2.42. The second kappa shape index (κ2) is 10.4. The zero-order valence-electron chi connectivity index (χ0n) is 18.3. The van der Waals surface area contributed by atoms with E-state index in [1.54, 1.807) is 24.3 Å². The maximum atomic E-state index is 13.4. The van der Waals surface area contributed by atoms with Gasteiger partial charge in [0.2, 0.25) is 5.91 Å². The van der Waals surface area contributed by atoms with Crippen LogP contribution < -0.4 is 0 Å². The predicted molar refractivity (Wildman–Crippen MR) is 119 cm³/mol. The fourth-order valence-electron chi connectivity index (χ4n) is 4.85. The molecule has 2 aliphatic rings. The Balaban J connectivity index is 1.57. The first kappa shape index (κ1) is 24.5. The summed E-state index contributed by atoms with van der Waals surface area (Å²) in [6.07, 6.45) is -6.38. The van der Waals surface area contributed by atoms with Crippen molar-refractivity contribution in [2.24, 2.45) is 5.92 Å². The molecule has 0 bridgehead atoms. The SMILES string of the molecule is O=C(CC(c1ccc(Cl)cc1)[C@H]1CCO[C@@H](CC(F)(F)F)C1)N1C(=O)OC[C@@H]1c1ccccc1. The minimum absolute atomic E-state index is 0.0382. The van der Waals surface area contributed by atoms with Gasteiger partial charge in [0.05, 0.1) is 12.5 Å². The van der Waals surface area contributed by atoms with Crippen LogP contribution in [0.1, 0.15) is 48.8 Å². The molecule has 2 saturated heterocycles. The number of imide groups is 1. The summed E-state index contributed by atoms with van der Waals surface area (Å²) in [6, 6.07) is 15.5. The van der Waals surface area contributed by atoms with Crippen LogP contribution in [0, 0.1) is 5.92 Å². The van der Waals surface area contributed by atoms with E-state index in [1.807, 2.05) is 30.3 Å². The van der Waals surface area contributed by atoms with Gasteiger partial charge in [-0.25, -0.2) is 9.69 Å². The van der Waals surface area contributed by atoms with E-state index in [0.717, 1.165) is 16.0 Å². The highest BCUT2D eigenvalue weighted by Crippen LogP contribution is 2.41. The van der Waals surface area contributed by atoms with Crippen molar-refractivity contribution in [3.63, 3.8) is 0 Å². The third-order valence-electron chi connectivity index (χ3n) is 6.45. The second-order valence-corrected chi connectivity index (χ2v) is 9.16. The summed E-state index contributed by atoms with van der Waals surface area (Å²) in [4.78, 5) is 27.0. The Morgan fingerprint density at radius 2 is 1.82 bits per heavy atom. The molecule has 2 amide bonds. The summed E-state index contributed by atoms with van der Waals surface area (Å²) >= 11 is 6.03. The van der Waals surface area contributed by atoms with E-state index in [-0.39, 0.29) is 32.0 Å². The lowest BCUT2D eigenvalue weighted by molar-refractivity contribution is -0.169. The number of hydrogen-bond acceptors (Lipinski definition) is 4. The number of carbonyl (C=O) groups is 2. The molecular weight excluding hydrogens is 471 g/mol. The molecule has 4 atom stereocenters. The first-order valence-corrected chi connectivity index (χ1v) is 11.6. The van der Waals surface area contributed by atoms with Crippen molar-refractivity contribution in [2.45, 2.75) is 49.9 Å². The Morgan fingerprint density at radius 1 is 1.12 bits per heavy atom. The number of hydrogen-bond donors (Lipinski definition) is 0. The number of ether oxygens (including phenoxy) is 2. The zero-order chi connectivity index (χ0) is 24.3. The summed E-state index contributed by atoms with van der Waals surface area (Å²) in [5.74, 6) is -1.04. The predicted octanol–water partition coefficient (Wildman–Crippen LogP) is 6.28. The number of benzene rings is 2. The molecule has 9 heteroatoms. The van der Waals surface area contributed by atoms with Gasteiger partial charge in [-0.15, -0.1) is 0 Å². The third kappa shape index (κ3) is 5.91. The van der Waals surface area contributed by atoms with E-state index in [2.05, 4.69) is 0 Å². The maximum absolute atomic E-state index is 13.4. The summed E-state index contributed by atoms with van der Waals surface area (Å²) < 4.78 is 49.5. The largest absolute Gasteiger partial charge is 0.446 e. The normalized spacial score (nSPS) is 24.1. The minimum atomic E-state index is -4.33. The molecule has 2 fully saturated rings. The molecule has 0 saturated carbocycles. The van der Waals surface area contributed by atoms with E-state index in [9.17, 15) is 22.8 Å². The van der Waals surface area contributed by atoms with Crippen molar-refractivity contribution in [3.8, 4) is 0 Å². The lowest BCUT2D eigenvalue weighted by atomic mass is 9.77. The summed E-state index contributed by atoms with van der Waals surface area (Å²) in [5, 5.41) is 0.517. The molecule has 2 heterocycles. The van der Waals surface area contributed by atoms with Gasteiger partial charge in [-0.1, -0.05) is 54.1 Å². The molecule has 2 aliphatic heterocycles. The van der Waals surface area contributed by atoms with Crippen LogP contribution in [0.4, 0.5) is 18.0 Å². The Kier molecular flexibility index (Phi) is 7.48. The van der Waals surface area contributed by atoms with Crippen LogP contribution in [0.25, 0.3) is 0 Å². The lowest BCUT2D eigenvalue weighted by Crippen LogP contribution is -2.37.